The van der Waals surface area contributed by atoms with Crippen molar-refractivity contribution < 1.29 is 9.90 Å². The molecule has 0 heterocycles. The number of benzene rings is 2. The summed E-state index contributed by atoms with van der Waals surface area (Å²) in [6.07, 6.45) is 0.721. The molecule has 0 aromatic heterocycles. The molecular weight excluding hydrogens is 248 g/mol. The third kappa shape index (κ3) is 3.82. The minimum absolute atomic E-state index is 0.0374. The summed E-state index contributed by atoms with van der Waals surface area (Å²) in [6, 6.07) is 19.2. The molecule has 0 spiro atoms. The van der Waals surface area contributed by atoms with E-state index in [4.69, 9.17) is 0 Å². The normalized spacial score (nSPS) is 11.8. The molecule has 0 unspecified atom stereocenters. The van der Waals surface area contributed by atoms with E-state index in [9.17, 15) is 9.90 Å². The van der Waals surface area contributed by atoms with Crippen molar-refractivity contribution >= 4 is 5.78 Å². The van der Waals surface area contributed by atoms with Gasteiger partial charge in [-0.25, -0.2) is 0 Å². The molecule has 2 rings (SSSR count). The standard InChI is InChI=1S/C18H18O2/c1-14(17(19)12-15-8-4-2-5-9-15)18(20)13-16-10-6-3-7-11-16/h2-11,19H,12-13H2,1H3. The molecule has 0 amide bonds. The van der Waals surface area contributed by atoms with E-state index >= 15 is 0 Å². The van der Waals surface area contributed by atoms with Crippen LogP contribution in [0.25, 0.3) is 0 Å². The lowest BCUT2D eigenvalue weighted by atomic mass is 10.0. The van der Waals surface area contributed by atoms with Crippen molar-refractivity contribution in [3.8, 4) is 0 Å². The van der Waals surface area contributed by atoms with Crippen LogP contribution in [0.5, 0.6) is 0 Å². The van der Waals surface area contributed by atoms with Gasteiger partial charge in [-0.3, -0.25) is 4.79 Å². The summed E-state index contributed by atoms with van der Waals surface area (Å²) in [6.45, 7) is 1.68. The van der Waals surface area contributed by atoms with E-state index in [1.165, 1.54) is 0 Å². The van der Waals surface area contributed by atoms with Crippen molar-refractivity contribution in [1.82, 2.24) is 0 Å². The van der Waals surface area contributed by atoms with E-state index in [0.717, 1.165) is 11.1 Å². The number of rotatable bonds is 5. The first-order valence-corrected chi connectivity index (χ1v) is 6.66. The molecule has 102 valence electrons. The lowest BCUT2D eigenvalue weighted by Gasteiger charge is -2.06. The number of Topliss-reactive ketones (excluding diaryl/α,β-unsaturated/α-hetero) is 1. The molecule has 0 saturated heterocycles. The largest absolute Gasteiger partial charge is 0.512 e. The summed E-state index contributed by atoms with van der Waals surface area (Å²) in [5.74, 6) is 0.113. The Kier molecular flexibility index (Phi) is 4.72. The van der Waals surface area contributed by atoms with Crippen LogP contribution in [-0.2, 0) is 17.6 Å². The average Bonchev–Trinajstić information content (AvgIpc) is 2.48. The van der Waals surface area contributed by atoms with Crippen molar-refractivity contribution in [3.63, 3.8) is 0 Å². The molecular formula is C18H18O2. The number of aliphatic hydroxyl groups is 1. The summed E-state index contributed by atoms with van der Waals surface area (Å²) in [5.41, 5.74) is 2.40. The molecule has 2 heteroatoms. The van der Waals surface area contributed by atoms with Crippen molar-refractivity contribution in [1.29, 1.82) is 0 Å². The zero-order chi connectivity index (χ0) is 14.4. The second-order valence-corrected chi connectivity index (χ2v) is 4.82. The maximum Gasteiger partial charge on any atom is 0.166 e. The van der Waals surface area contributed by atoms with Gasteiger partial charge in [0.25, 0.3) is 0 Å². The number of hydrogen-bond donors (Lipinski definition) is 1. The Hall–Kier alpha value is -2.35. The van der Waals surface area contributed by atoms with Gasteiger partial charge in [-0.2, -0.15) is 0 Å². The Morgan fingerprint density at radius 2 is 1.30 bits per heavy atom. The van der Waals surface area contributed by atoms with E-state index < -0.39 is 0 Å². The summed E-state index contributed by atoms with van der Waals surface area (Å²) < 4.78 is 0. The summed E-state index contributed by atoms with van der Waals surface area (Å²) in [4.78, 5) is 12.1. The predicted octanol–water partition coefficient (Wildman–Crippen LogP) is 3.87. The van der Waals surface area contributed by atoms with Gasteiger partial charge in [0.05, 0.1) is 0 Å². The fourth-order valence-electron chi connectivity index (χ4n) is 2.00. The number of ketones is 1. The van der Waals surface area contributed by atoms with Crippen molar-refractivity contribution in [2.24, 2.45) is 0 Å². The Morgan fingerprint density at radius 3 is 1.80 bits per heavy atom. The molecule has 20 heavy (non-hydrogen) atoms. The number of hydrogen-bond acceptors (Lipinski definition) is 2. The van der Waals surface area contributed by atoms with Gasteiger partial charge in [0.1, 0.15) is 5.76 Å². The quantitative estimate of drug-likeness (QED) is 0.659. The molecule has 0 aliphatic rings. The highest BCUT2D eigenvalue weighted by Crippen LogP contribution is 2.12. The van der Waals surface area contributed by atoms with Crippen LogP contribution in [0.2, 0.25) is 0 Å². The Balaban J connectivity index is 2.06. The van der Waals surface area contributed by atoms with Gasteiger partial charge in [-0.15, -0.1) is 0 Å². The first-order valence-electron chi connectivity index (χ1n) is 6.66. The molecule has 1 N–H and O–H groups in total. The third-order valence-electron chi connectivity index (χ3n) is 3.27. The molecule has 2 aromatic carbocycles. The molecule has 0 radical (unpaired) electrons. The molecule has 0 aliphatic carbocycles. The maximum absolute atomic E-state index is 12.1. The molecule has 0 aliphatic heterocycles. The molecule has 0 bridgehead atoms. The summed E-state index contributed by atoms with van der Waals surface area (Å²) in [5, 5.41) is 10.1. The Morgan fingerprint density at radius 1 is 0.850 bits per heavy atom. The van der Waals surface area contributed by atoms with E-state index in [1.54, 1.807) is 6.92 Å². The zero-order valence-corrected chi connectivity index (χ0v) is 11.5. The van der Waals surface area contributed by atoms with Crippen LogP contribution >= 0.6 is 0 Å². The molecule has 0 fully saturated rings. The molecule has 0 atom stereocenters. The van der Waals surface area contributed by atoms with Gasteiger partial charge in [-0.05, 0) is 18.1 Å². The van der Waals surface area contributed by atoms with Gasteiger partial charge < -0.3 is 5.11 Å². The van der Waals surface area contributed by atoms with Gasteiger partial charge in [0.2, 0.25) is 0 Å². The summed E-state index contributed by atoms with van der Waals surface area (Å²) in [7, 11) is 0. The average molecular weight is 266 g/mol. The monoisotopic (exact) mass is 266 g/mol. The Bertz CT molecular complexity index is 598. The van der Waals surface area contributed by atoms with Gasteiger partial charge >= 0.3 is 0 Å². The second kappa shape index (κ2) is 6.71. The maximum atomic E-state index is 12.1. The fraction of sp³-hybridized carbons (Fsp3) is 0.167. The van der Waals surface area contributed by atoms with E-state index in [0.29, 0.717) is 18.4 Å². The van der Waals surface area contributed by atoms with Gasteiger partial charge in [0.15, 0.2) is 5.78 Å². The number of carbonyl (C=O) groups is 1. The van der Waals surface area contributed by atoms with E-state index in [1.807, 2.05) is 60.7 Å². The Labute approximate surface area is 119 Å². The summed E-state index contributed by atoms with van der Waals surface area (Å²) >= 11 is 0. The lowest BCUT2D eigenvalue weighted by molar-refractivity contribution is -0.115. The first kappa shape index (κ1) is 14.1. The minimum atomic E-state index is -0.0374. The van der Waals surface area contributed by atoms with Gasteiger partial charge in [-0.1, -0.05) is 60.7 Å². The lowest BCUT2D eigenvalue weighted by Crippen LogP contribution is -2.08. The van der Waals surface area contributed by atoms with Crippen molar-refractivity contribution in [2.45, 2.75) is 19.8 Å². The highest BCUT2D eigenvalue weighted by atomic mass is 16.3. The van der Waals surface area contributed by atoms with Crippen LogP contribution < -0.4 is 0 Å². The number of aliphatic hydroxyl groups excluding tert-OH is 1. The van der Waals surface area contributed by atoms with Crippen molar-refractivity contribution in [2.75, 3.05) is 0 Å². The van der Waals surface area contributed by atoms with Gasteiger partial charge in [0, 0.05) is 18.4 Å². The predicted molar refractivity (Wildman–Crippen MR) is 80.6 cm³/mol. The van der Waals surface area contributed by atoms with Crippen LogP contribution in [0, 0.1) is 0 Å². The third-order valence-corrected chi connectivity index (χ3v) is 3.27. The molecule has 2 nitrogen and oxygen atoms in total. The van der Waals surface area contributed by atoms with Crippen molar-refractivity contribution in [3.05, 3.63) is 83.1 Å². The molecule has 2 aromatic rings. The number of carbonyl (C=O) groups excluding carboxylic acids is 1. The SMILES string of the molecule is CC(C(=O)Cc1ccccc1)=C(O)Cc1ccccc1. The first-order chi connectivity index (χ1) is 9.66. The zero-order valence-electron chi connectivity index (χ0n) is 11.5. The van der Waals surface area contributed by atoms with Crippen LogP contribution in [0.3, 0.4) is 0 Å². The minimum Gasteiger partial charge on any atom is -0.512 e. The fourth-order valence-corrected chi connectivity index (χ4v) is 2.00. The van der Waals surface area contributed by atoms with E-state index in [-0.39, 0.29) is 11.5 Å². The van der Waals surface area contributed by atoms with E-state index in [2.05, 4.69) is 0 Å². The smallest absolute Gasteiger partial charge is 0.166 e. The van der Waals surface area contributed by atoms with Crippen LogP contribution in [0.15, 0.2) is 72.0 Å². The molecule has 0 saturated carbocycles. The van der Waals surface area contributed by atoms with Crippen LogP contribution in [-0.4, -0.2) is 10.9 Å². The topological polar surface area (TPSA) is 37.3 Å². The highest BCUT2D eigenvalue weighted by molar-refractivity contribution is 5.96. The van der Waals surface area contributed by atoms with Crippen LogP contribution in [0.4, 0.5) is 0 Å². The van der Waals surface area contributed by atoms with Crippen LogP contribution in [0.1, 0.15) is 18.1 Å². The second-order valence-electron chi connectivity index (χ2n) is 4.82. The highest BCUT2D eigenvalue weighted by Gasteiger charge is 2.11. The number of allylic oxidation sites excluding steroid dienone is 2.